The highest BCUT2D eigenvalue weighted by molar-refractivity contribution is 4.99. The van der Waals surface area contributed by atoms with Crippen LogP contribution in [0.3, 0.4) is 0 Å². The van der Waals surface area contributed by atoms with Crippen LogP contribution in [0.25, 0.3) is 0 Å². The van der Waals surface area contributed by atoms with Crippen molar-refractivity contribution < 1.29 is 9.47 Å². The van der Waals surface area contributed by atoms with Gasteiger partial charge in [-0.1, -0.05) is 13.8 Å². The number of hydrogen-bond donors (Lipinski definition) is 1. The van der Waals surface area contributed by atoms with Crippen LogP contribution in [0.2, 0.25) is 0 Å². The van der Waals surface area contributed by atoms with Gasteiger partial charge in [-0.2, -0.15) is 0 Å². The maximum absolute atomic E-state index is 5.91. The summed E-state index contributed by atoms with van der Waals surface area (Å²) in [6.07, 6.45) is 1.04. The molecule has 2 aliphatic rings. The third kappa shape index (κ3) is 1.60. The van der Waals surface area contributed by atoms with E-state index < -0.39 is 0 Å². The van der Waals surface area contributed by atoms with Crippen LogP contribution in [0.4, 0.5) is 0 Å². The van der Waals surface area contributed by atoms with Crippen LogP contribution in [0.15, 0.2) is 0 Å². The fraction of sp³-hybridized carbons (Fsp3) is 1.00. The van der Waals surface area contributed by atoms with Crippen molar-refractivity contribution in [2.45, 2.75) is 31.9 Å². The fourth-order valence-electron chi connectivity index (χ4n) is 2.51. The van der Waals surface area contributed by atoms with Gasteiger partial charge in [-0.15, -0.1) is 0 Å². The standard InChI is InChI=1S/C10H19NO2/c1-8(2)9-10(3-5-12-7-10)13-6-4-11-9/h8-9,11H,3-7H2,1-2H3. The molecule has 2 atom stereocenters. The van der Waals surface area contributed by atoms with Crippen molar-refractivity contribution in [2.24, 2.45) is 5.92 Å². The highest BCUT2D eigenvalue weighted by Crippen LogP contribution is 2.32. The Balaban J connectivity index is 2.12. The van der Waals surface area contributed by atoms with Gasteiger partial charge >= 0.3 is 0 Å². The summed E-state index contributed by atoms with van der Waals surface area (Å²) >= 11 is 0. The molecule has 2 fully saturated rings. The molecule has 0 radical (unpaired) electrons. The molecule has 0 aromatic rings. The van der Waals surface area contributed by atoms with E-state index in [0.717, 1.165) is 32.8 Å². The van der Waals surface area contributed by atoms with Crippen LogP contribution < -0.4 is 5.32 Å². The second-order valence-corrected chi connectivity index (χ2v) is 4.39. The summed E-state index contributed by atoms with van der Waals surface area (Å²) in [5.41, 5.74) is -0.0214. The van der Waals surface area contributed by atoms with Crippen LogP contribution in [0.5, 0.6) is 0 Å². The molecule has 0 bridgehead atoms. The Kier molecular flexibility index (Phi) is 2.58. The first-order chi connectivity index (χ1) is 6.25. The molecule has 0 aromatic heterocycles. The van der Waals surface area contributed by atoms with E-state index in [2.05, 4.69) is 19.2 Å². The third-order valence-corrected chi connectivity index (χ3v) is 3.11. The van der Waals surface area contributed by atoms with Crippen molar-refractivity contribution in [1.29, 1.82) is 0 Å². The van der Waals surface area contributed by atoms with Crippen LogP contribution >= 0.6 is 0 Å². The van der Waals surface area contributed by atoms with Gasteiger partial charge in [-0.3, -0.25) is 0 Å². The van der Waals surface area contributed by atoms with Crippen molar-refractivity contribution in [3.63, 3.8) is 0 Å². The number of rotatable bonds is 1. The molecule has 0 amide bonds. The van der Waals surface area contributed by atoms with Gasteiger partial charge in [-0.25, -0.2) is 0 Å². The van der Waals surface area contributed by atoms with Crippen molar-refractivity contribution in [3.8, 4) is 0 Å². The van der Waals surface area contributed by atoms with Crippen molar-refractivity contribution in [2.75, 3.05) is 26.4 Å². The van der Waals surface area contributed by atoms with E-state index in [-0.39, 0.29) is 5.60 Å². The topological polar surface area (TPSA) is 30.5 Å². The van der Waals surface area contributed by atoms with Gasteiger partial charge in [0.1, 0.15) is 5.60 Å². The van der Waals surface area contributed by atoms with Gasteiger partial charge in [0.25, 0.3) is 0 Å². The van der Waals surface area contributed by atoms with Crippen LogP contribution in [0, 0.1) is 5.92 Å². The maximum atomic E-state index is 5.91. The Hall–Kier alpha value is -0.120. The summed E-state index contributed by atoms with van der Waals surface area (Å²) in [5.74, 6) is 0.613. The molecular weight excluding hydrogens is 166 g/mol. The Morgan fingerprint density at radius 2 is 2.23 bits per heavy atom. The molecule has 0 aromatic carbocycles. The predicted molar refractivity (Wildman–Crippen MR) is 50.7 cm³/mol. The molecule has 2 aliphatic heterocycles. The normalized spacial score (nSPS) is 40.4. The number of ether oxygens (including phenoxy) is 2. The van der Waals surface area contributed by atoms with Crippen LogP contribution in [0.1, 0.15) is 20.3 Å². The van der Waals surface area contributed by atoms with Crippen LogP contribution in [-0.2, 0) is 9.47 Å². The van der Waals surface area contributed by atoms with Crippen molar-refractivity contribution >= 4 is 0 Å². The summed E-state index contributed by atoms with van der Waals surface area (Å²) in [6, 6.07) is 0.462. The van der Waals surface area contributed by atoms with E-state index in [9.17, 15) is 0 Å². The third-order valence-electron chi connectivity index (χ3n) is 3.11. The Bertz CT molecular complexity index is 176. The lowest BCUT2D eigenvalue weighted by atomic mass is 9.84. The first-order valence-corrected chi connectivity index (χ1v) is 5.20. The van der Waals surface area contributed by atoms with Crippen molar-refractivity contribution in [3.05, 3.63) is 0 Å². The predicted octanol–water partition coefficient (Wildman–Crippen LogP) is 0.790. The molecule has 2 heterocycles. The summed E-state index contributed by atoms with van der Waals surface area (Å²) in [5, 5.41) is 3.55. The average molecular weight is 185 g/mol. The summed E-state index contributed by atoms with van der Waals surface area (Å²) in [4.78, 5) is 0. The first kappa shape index (κ1) is 9.44. The summed E-state index contributed by atoms with van der Waals surface area (Å²) in [6.45, 7) is 7.91. The summed E-state index contributed by atoms with van der Waals surface area (Å²) < 4.78 is 11.4. The zero-order valence-electron chi connectivity index (χ0n) is 8.51. The Morgan fingerprint density at radius 1 is 1.38 bits per heavy atom. The summed E-state index contributed by atoms with van der Waals surface area (Å²) in [7, 11) is 0. The number of morpholine rings is 1. The SMILES string of the molecule is CC(C)C1NCCOC12CCOC2. The van der Waals surface area contributed by atoms with Gasteiger partial charge in [-0.05, 0) is 5.92 Å². The largest absolute Gasteiger partial charge is 0.378 e. The van der Waals surface area contributed by atoms with E-state index in [0.29, 0.717) is 12.0 Å². The molecule has 1 N–H and O–H groups in total. The van der Waals surface area contributed by atoms with E-state index in [1.807, 2.05) is 0 Å². The van der Waals surface area contributed by atoms with Gasteiger partial charge in [0.15, 0.2) is 0 Å². The molecule has 2 unspecified atom stereocenters. The molecule has 2 saturated heterocycles. The highest BCUT2D eigenvalue weighted by atomic mass is 16.6. The van der Waals surface area contributed by atoms with Gasteiger partial charge < -0.3 is 14.8 Å². The molecule has 2 rings (SSSR count). The fourth-order valence-corrected chi connectivity index (χ4v) is 2.51. The van der Waals surface area contributed by atoms with E-state index >= 15 is 0 Å². The van der Waals surface area contributed by atoms with E-state index in [1.54, 1.807) is 0 Å². The lowest BCUT2D eigenvalue weighted by Gasteiger charge is -2.43. The zero-order chi connectivity index (χ0) is 9.31. The second-order valence-electron chi connectivity index (χ2n) is 4.39. The number of nitrogens with one attached hydrogen (secondary N) is 1. The quantitative estimate of drug-likeness (QED) is 0.655. The highest BCUT2D eigenvalue weighted by Gasteiger charge is 2.46. The minimum Gasteiger partial charge on any atom is -0.378 e. The van der Waals surface area contributed by atoms with Gasteiger partial charge in [0, 0.05) is 25.6 Å². The van der Waals surface area contributed by atoms with Gasteiger partial charge in [0.2, 0.25) is 0 Å². The zero-order valence-corrected chi connectivity index (χ0v) is 8.51. The molecular formula is C10H19NO2. The van der Waals surface area contributed by atoms with E-state index in [4.69, 9.17) is 9.47 Å². The molecule has 0 saturated carbocycles. The molecule has 76 valence electrons. The molecule has 1 spiro atoms. The van der Waals surface area contributed by atoms with Crippen molar-refractivity contribution in [1.82, 2.24) is 5.32 Å². The molecule has 0 aliphatic carbocycles. The first-order valence-electron chi connectivity index (χ1n) is 5.20. The molecule has 3 nitrogen and oxygen atoms in total. The smallest absolute Gasteiger partial charge is 0.109 e. The minimum atomic E-state index is -0.0214. The van der Waals surface area contributed by atoms with E-state index in [1.165, 1.54) is 0 Å². The van der Waals surface area contributed by atoms with Crippen LogP contribution in [-0.4, -0.2) is 38.0 Å². The minimum absolute atomic E-state index is 0.0214. The monoisotopic (exact) mass is 185 g/mol. The Labute approximate surface area is 79.8 Å². The molecule has 13 heavy (non-hydrogen) atoms. The lowest BCUT2D eigenvalue weighted by molar-refractivity contribution is -0.107. The second kappa shape index (κ2) is 3.56. The molecule has 3 heteroatoms. The lowest BCUT2D eigenvalue weighted by Crippen LogP contribution is -2.60. The number of hydrogen-bond acceptors (Lipinski definition) is 3. The average Bonchev–Trinajstić information content (AvgIpc) is 2.54. The maximum Gasteiger partial charge on any atom is 0.109 e. The van der Waals surface area contributed by atoms with Gasteiger partial charge in [0.05, 0.1) is 13.2 Å². The Morgan fingerprint density at radius 3 is 2.85 bits per heavy atom.